The van der Waals surface area contributed by atoms with E-state index in [1.54, 1.807) is 0 Å². The predicted molar refractivity (Wildman–Crippen MR) is 270 cm³/mol. The summed E-state index contributed by atoms with van der Waals surface area (Å²) in [7, 11) is 0. The molecule has 0 aromatic heterocycles. The topological polar surface area (TPSA) is 78.9 Å². The number of esters is 3. The van der Waals surface area contributed by atoms with E-state index in [9.17, 15) is 14.4 Å². The van der Waals surface area contributed by atoms with E-state index >= 15 is 0 Å². The fourth-order valence-electron chi connectivity index (χ4n) is 6.97. The molecule has 0 spiro atoms. The fraction of sp³-hybridized carbons (Fsp3) is 0.702. The number of rotatable bonds is 46. The molecule has 0 aliphatic carbocycles. The molecule has 0 aromatic carbocycles. The Morgan fingerprint density at radius 2 is 0.619 bits per heavy atom. The average molecular weight is 877 g/mol. The zero-order chi connectivity index (χ0) is 45.8. The highest BCUT2D eigenvalue weighted by Crippen LogP contribution is 2.14. The van der Waals surface area contributed by atoms with Gasteiger partial charge in [0.2, 0.25) is 0 Å². The third-order valence-corrected chi connectivity index (χ3v) is 10.9. The van der Waals surface area contributed by atoms with Crippen LogP contribution in [0.25, 0.3) is 0 Å². The molecule has 0 aliphatic heterocycles. The second-order valence-corrected chi connectivity index (χ2v) is 17.1. The molecular formula is C57H96O6. The van der Waals surface area contributed by atoms with Crippen molar-refractivity contribution in [2.75, 3.05) is 13.2 Å². The lowest BCUT2D eigenvalue weighted by Crippen LogP contribution is -2.30. The lowest BCUT2D eigenvalue weighted by molar-refractivity contribution is -0.167. The standard InChI is InChI=1S/C57H96O6/c1-4-7-10-13-16-19-22-24-26-27-28-29-31-33-36-38-41-44-47-50-56(59)62-53-54(63-57(60)51-48-45-42-39-34-21-18-15-12-9-6-3)52-61-55(58)49-46-43-40-37-35-32-30-25-23-20-17-14-11-8-5-2/h7,10,16-17,19-20,24-26,28-30,33,36,54H,4-6,8-9,11-15,18,21-23,27,31-32,34-35,37-53H2,1-3H3/b10-7-,19-16-,20-17-,26-24-,29-28-,30-25-,36-33-/t54-/m0/s1. The minimum Gasteiger partial charge on any atom is -0.462 e. The molecule has 1 atom stereocenters. The Hall–Kier alpha value is -3.41. The molecule has 0 heterocycles. The fourth-order valence-corrected chi connectivity index (χ4v) is 6.97. The van der Waals surface area contributed by atoms with Gasteiger partial charge in [-0.25, -0.2) is 0 Å². The minimum atomic E-state index is -0.793. The van der Waals surface area contributed by atoms with Gasteiger partial charge in [-0.15, -0.1) is 0 Å². The van der Waals surface area contributed by atoms with Crippen LogP contribution in [0.2, 0.25) is 0 Å². The maximum Gasteiger partial charge on any atom is 0.306 e. The van der Waals surface area contributed by atoms with Crippen molar-refractivity contribution >= 4 is 17.9 Å². The maximum absolute atomic E-state index is 12.8. The molecular weight excluding hydrogens is 781 g/mol. The highest BCUT2D eigenvalue weighted by molar-refractivity contribution is 5.71. The van der Waals surface area contributed by atoms with E-state index in [2.05, 4.69) is 106 Å². The summed E-state index contributed by atoms with van der Waals surface area (Å²) in [5, 5.41) is 0. The van der Waals surface area contributed by atoms with Crippen LogP contribution < -0.4 is 0 Å². The maximum atomic E-state index is 12.8. The Morgan fingerprint density at radius 1 is 0.333 bits per heavy atom. The number of unbranched alkanes of at least 4 members (excludes halogenated alkanes) is 21. The number of carbonyl (C=O) groups is 3. The van der Waals surface area contributed by atoms with E-state index in [1.807, 2.05) is 0 Å². The van der Waals surface area contributed by atoms with Crippen molar-refractivity contribution in [3.8, 4) is 0 Å². The van der Waals surface area contributed by atoms with Crippen LogP contribution >= 0.6 is 0 Å². The van der Waals surface area contributed by atoms with Crippen LogP contribution in [0, 0.1) is 0 Å². The van der Waals surface area contributed by atoms with Gasteiger partial charge in [0.25, 0.3) is 0 Å². The molecule has 360 valence electrons. The van der Waals surface area contributed by atoms with Gasteiger partial charge in [-0.1, -0.05) is 209 Å². The first kappa shape index (κ1) is 59.6. The van der Waals surface area contributed by atoms with Crippen LogP contribution in [0.5, 0.6) is 0 Å². The molecule has 0 amide bonds. The smallest absolute Gasteiger partial charge is 0.306 e. The van der Waals surface area contributed by atoms with E-state index in [0.717, 1.165) is 122 Å². The van der Waals surface area contributed by atoms with E-state index in [4.69, 9.17) is 14.2 Å². The zero-order valence-corrected chi connectivity index (χ0v) is 41.1. The Labute approximate surface area is 388 Å². The number of hydrogen-bond donors (Lipinski definition) is 0. The normalized spacial score (nSPS) is 12.7. The van der Waals surface area contributed by atoms with Gasteiger partial charge >= 0.3 is 17.9 Å². The molecule has 0 unspecified atom stereocenters. The quantitative estimate of drug-likeness (QED) is 0.0262. The summed E-state index contributed by atoms with van der Waals surface area (Å²) in [6.07, 6.45) is 65.6. The van der Waals surface area contributed by atoms with Crippen molar-refractivity contribution in [3.63, 3.8) is 0 Å². The van der Waals surface area contributed by atoms with Gasteiger partial charge in [0, 0.05) is 19.3 Å². The van der Waals surface area contributed by atoms with Gasteiger partial charge in [0.15, 0.2) is 6.10 Å². The first-order chi connectivity index (χ1) is 31.0. The molecule has 63 heavy (non-hydrogen) atoms. The summed E-state index contributed by atoms with van der Waals surface area (Å²) in [6, 6.07) is 0. The molecule has 0 aliphatic rings. The van der Waals surface area contributed by atoms with E-state index in [1.165, 1.54) is 77.0 Å². The molecule has 0 N–H and O–H groups in total. The van der Waals surface area contributed by atoms with E-state index in [0.29, 0.717) is 19.3 Å². The average Bonchev–Trinajstić information content (AvgIpc) is 3.28. The first-order valence-corrected chi connectivity index (χ1v) is 26.1. The highest BCUT2D eigenvalue weighted by atomic mass is 16.6. The third kappa shape index (κ3) is 49.5. The van der Waals surface area contributed by atoms with Crippen LogP contribution in [0.4, 0.5) is 0 Å². The Kier molecular flexibility index (Phi) is 48.5. The molecule has 0 bridgehead atoms. The minimum absolute atomic E-state index is 0.0936. The Morgan fingerprint density at radius 3 is 1.02 bits per heavy atom. The Bertz CT molecular complexity index is 1240. The van der Waals surface area contributed by atoms with Crippen molar-refractivity contribution in [3.05, 3.63) is 85.1 Å². The molecule has 0 rings (SSSR count). The van der Waals surface area contributed by atoms with Crippen molar-refractivity contribution in [2.45, 2.75) is 245 Å². The van der Waals surface area contributed by atoms with E-state index < -0.39 is 6.10 Å². The Balaban J connectivity index is 4.43. The summed E-state index contributed by atoms with van der Waals surface area (Å²) in [5.74, 6) is -0.939. The van der Waals surface area contributed by atoms with Crippen LogP contribution in [-0.4, -0.2) is 37.2 Å². The van der Waals surface area contributed by atoms with Crippen molar-refractivity contribution in [2.24, 2.45) is 0 Å². The molecule has 0 fully saturated rings. The highest BCUT2D eigenvalue weighted by Gasteiger charge is 2.19. The summed E-state index contributed by atoms with van der Waals surface area (Å²) < 4.78 is 16.8. The summed E-state index contributed by atoms with van der Waals surface area (Å²) in [5.41, 5.74) is 0. The molecule has 0 saturated carbocycles. The SMILES string of the molecule is CC/C=C\C/C=C\C/C=C\C/C=C\C/C=C\CCCCCC(=O)OC[C@H](COC(=O)CCCCCCC/C=C\C/C=C\CCCCC)OC(=O)CCCCCCCCCCCCC. The van der Waals surface area contributed by atoms with Gasteiger partial charge < -0.3 is 14.2 Å². The number of carbonyl (C=O) groups excluding carboxylic acids is 3. The van der Waals surface area contributed by atoms with Crippen LogP contribution in [0.3, 0.4) is 0 Å². The summed E-state index contributed by atoms with van der Waals surface area (Å²) in [4.78, 5) is 38.0. The van der Waals surface area contributed by atoms with E-state index in [-0.39, 0.29) is 31.1 Å². The van der Waals surface area contributed by atoms with Crippen molar-refractivity contribution in [1.82, 2.24) is 0 Å². The largest absolute Gasteiger partial charge is 0.462 e. The number of allylic oxidation sites excluding steroid dienone is 14. The molecule has 0 saturated heterocycles. The van der Waals surface area contributed by atoms with Crippen molar-refractivity contribution < 1.29 is 28.6 Å². The van der Waals surface area contributed by atoms with Crippen molar-refractivity contribution in [1.29, 1.82) is 0 Å². The molecule has 6 nitrogen and oxygen atoms in total. The lowest BCUT2D eigenvalue weighted by Gasteiger charge is -2.18. The predicted octanol–water partition coefficient (Wildman–Crippen LogP) is 17.2. The monoisotopic (exact) mass is 877 g/mol. The van der Waals surface area contributed by atoms with Crippen LogP contribution in [0.1, 0.15) is 239 Å². The summed E-state index contributed by atoms with van der Waals surface area (Å²) in [6.45, 7) is 6.45. The zero-order valence-electron chi connectivity index (χ0n) is 41.1. The van der Waals surface area contributed by atoms with Crippen LogP contribution in [-0.2, 0) is 28.6 Å². The van der Waals surface area contributed by atoms with Gasteiger partial charge in [-0.05, 0) is 96.3 Å². The first-order valence-electron chi connectivity index (χ1n) is 26.1. The van der Waals surface area contributed by atoms with Gasteiger partial charge in [0.1, 0.15) is 13.2 Å². The number of hydrogen-bond acceptors (Lipinski definition) is 6. The third-order valence-electron chi connectivity index (χ3n) is 10.9. The summed E-state index contributed by atoms with van der Waals surface area (Å²) >= 11 is 0. The van der Waals surface area contributed by atoms with Gasteiger partial charge in [0.05, 0.1) is 0 Å². The number of ether oxygens (including phenoxy) is 3. The van der Waals surface area contributed by atoms with Crippen LogP contribution in [0.15, 0.2) is 85.1 Å². The molecule has 0 radical (unpaired) electrons. The van der Waals surface area contributed by atoms with Gasteiger partial charge in [-0.2, -0.15) is 0 Å². The van der Waals surface area contributed by atoms with Gasteiger partial charge in [-0.3, -0.25) is 14.4 Å². The molecule has 0 aromatic rings. The molecule has 6 heteroatoms. The second-order valence-electron chi connectivity index (χ2n) is 17.1. The second kappa shape index (κ2) is 51.2. The lowest BCUT2D eigenvalue weighted by atomic mass is 10.1.